The smallest absolute Gasteiger partial charge is 0.338 e. The van der Waals surface area contributed by atoms with Crippen LogP contribution in [0.1, 0.15) is 33.2 Å². The summed E-state index contributed by atoms with van der Waals surface area (Å²) in [4.78, 5) is 23.8. The van der Waals surface area contributed by atoms with Crippen LogP contribution in [0.3, 0.4) is 0 Å². The fraction of sp³-hybridized carbons (Fsp3) is 0.125. The Morgan fingerprint density at radius 3 is 2.20 bits per heavy atom. The lowest BCUT2D eigenvalue weighted by Gasteiger charge is -2.05. The van der Waals surface area contributed by atoms with Gasteiger partial charge >= 0.3 is 5.97 Å². The van der Waals surface area contributed by atoms with Gasteiger partial charge < -0.3 is 4.74 Å². The third-order valence-corrected chi connectivity index (χ3v) is 3.11. The molecule has 0 aliphatic heterocycles. The van der Waals surface area contributed by atoms with Gasteiger partial charge in [-0.3, -0.25) is 4.79 Å². The predicted molar refractivity (Wildman–Crippen MR) is 77.3 cm³/mol. The first-order valence-corrected chi connectivity index (χ1v) is 6.57. The molecule has 0 bridgehead atoms. The van der Waals surface area contributed by atoms with Gasteiger partial charge in [-0.05, 0) is 31.2 Å². The quantitative estimate of drug-likeness (QED) is 0.636. The molecule has 0 saturated heterocycles. The van der Waals surface area contributed by atoms with Crippen molar-refractivity contribution in [1.29, 1.82) is 0 Å². The van der Waals surface area contributed by atoms with E-state index in [1.807, 2.05) is 0 Å². The number of ether oxygens (including phenoxy) is 1. The second-order valence-corrected chi connectivity index (χ2v) is 4.51. The molecule has 0 heterocycles. The Bertz CT molecular complexity index is 632. The summed E-state index contributed by atoms with van der Waals surface area (Å²) >= 11 is 6.00. The minimum Gasteiger partial charge on any atom is -0.462 e. The third kappa shape index (κ3) is 3.06. The van der Waals surface area contributed by atoms with E-state index >= 15 is 0 Å². The van der Waals surface area contributed by atoms with Gasteiger partial charge in [0.15, 0.2) is 5.78 Å². The minimum absolute atomic E-state index is 0.175. The molecule has 0 spiro atoms. The van der Waals surface area contributed by atoms with Crippen LogP contribution in [0.2, 0.25) is 5.02 Å². The van der Waals surface area contributed by atoms with Crippen molar-refractivity contribution >= 4 is 23.4 Å². The SMILES string of the molecule is CCOC(=O)c1ccc(C(=O)c2ccccc2Cl)cc1. The van der Waals surface area contributed by atoms with E-state index in [9.17, 15) is 9.59 Å². The highest BCUT2D eigenvalue weighted by Gasteiger charge is 2.13. The normalized spacial score (nSPS) is 10.1. The van der Waals surface area contributed by atoms with E-state index in [4.69, 9.17) is 16.3 Å². The Labute approximate surface area is 122 Å². The number of hydrogen-bond acceptors (Lipinski definition) is 3. The zero-order valence-electron chi connectivity index (χ0n) is 10.9. The average Bonchev–Trinajstić information content (AvgIpc) is 2.47. The highest BCUT2D eigenvalue weighted by Crippen LogP contribution is 2.19. The van der Waals surface area contributed by atoms with Gasteiger partial charge in [-0.1, -0.05) is 35.9 Å². The molecule has 0 unspecified atom stereocenters. The number of rotatable bonds is 4. The lowest BCUT2D eigenvalue weighted by atomic mass is 10.0. The molecule has 2 aromatic carbocycles. The average molecular weight is 289 g/mol. The molecule has 2 aromatic rings. The van der Waals surface area contributed by atoms with Crippen LogP contribution in [0.15, 0.2) is 48.5 Å². The molecule has 3 nitrogen and oxygen atoms in total. The van der Waals surface area contributed by atoms with Crippen molar-refractivity contribution in [3.8, 4) is 0 Å². The number of hydrogen-bond donors (Lipinski definition) is 0. The number of ketones is 1. The maximum absolute atomic E-state index is 12.3. The summed E-state index contributed by atoms with van der Waals surface area (Å²) in [5, 5.41) is 0.409. The van der Waals surface area contributed by atoms with E-state index in [-0.39, 0.29) is 5.78 Å². The van der Waals surface area contributed by atoms with Crippen LogP contribution in [0.4, 0.5) is 0 Å². The molecule has 20 heavy (non-hydrogen) atoms. The Hall–Kier alpha value is -2.13. The molecule has 102 valence electrons. The molecule has 0 atom stereocenters. The Balaban J connectivity index is 2.24. The van der Waals surface area contributed by atoms with E-state index < -0.39 is 5.97 Å². The highest BCUT2D eigenvalue weighted by atomic mass is 35.5. The van der Waals surface area contributed by atoms with E-state index in [1.165, 1.54) is 0 Å². The van der Waals surface area contributed by atoms with Gasteiger partial charge in [0.05, 0.1) is 17.2 Å². The highest BCUT2D eigenvalue weighted by molar-refractivity contribution is 6.35. The van der Waals surface area contributed by atoms with Crippen molar-refractivity contribution < 1.29 is 14.3 Å². The molecule has 0 aromatic heterocycles. The van der Waals surface area contributed by atoms with Crippen molar-refractivity contribution in [1.82, 2.24) is 0 Å². The summed E-state index contributed by atoms with van der Waals surface area (Å²) in [6.45, 7) is 2.06. The largest absolute Gasteiger partial charge is 0.462 e. The van der Waals surface area contributed by atoms with Crippen molar-refractivity contribution in [2.75, 3.05) is 6.61 Å². The van der Waals surface area contributed by atoms with Crippen molar-refractivity contribution in [3.05, 3.63) is 70.2 Å². The van der Waals surface area contributed by atoms with Gasteiger partial charge in [-0.25, -0.2) is 4.79 Å². The molecule has 2 rings (SSSR count). The molecule has 0 amide bonds. The number of esters is 1. The molecule has 0 N–H and O–H groups in total. The van der Waals surface area contributed by atoms with E-state index in [0.717, 1.165) is 0 Å². The standard InChI is InChI=1S/C16H13ClO3/c1-2-20-16(19)12-9-7-11(8-10-12)15(18)13-5-3-4-6-14(13)17/h3-10H,2H2,1H3. The fourth-order valence-electron chi connectivity index (χ4n) is 1.77. The lowest BCUT2D eigenvalue weighted by molar-refractivity contribution is 0.0526. The van der Waals surface area contributed by atoms with Gasteiger partial charge in [0.1, 0.15) is 0 Å². The van der Waals surface area contributed by atoms with E-state index in [1.54, 1.807) is 55.5 Å². The van der Waals surface area contributed by atoms with Crippen LogP contribution in [-0.2, 0) is 4.74 Å². The van der Waals surface area contributed by atoms with Crippen LogP contribution < -0.4 is 0 Å². The van der Waals surface area contributed by atoms with Crippen molar-refractivity contribution in [2.24, 2.45) is 0 Å². The number of benzene rings is 2. The van der Waals surface area contributed by atoms with Crippen LogP contribution in [-0.4, -0.2) is 18.4 Å². The minimum atomic E-state index is -0.399. The summed E-state index contributed by atoms with van der Waals surface area (Å²) in [5.41, 5.74) is 1.34. The summed E-state index contributed by atoms with van der Waals surface area (Å²) in [7, 11) is 0. The number of carbonyl (C=O) groups is 2. The van der Waals surface area contributed by atoms with E-state index in [2.05, 4.69) is 0 Å². The molecule has 0 fully saturated rings. The molecule has 4 heteroatoms. The summed E-state index contributed by atoms with van der Waals surface area (Å²) < 4.78 is 4.89. The van der Waals surface area contributed by atoms with Crippen LogP contribution in [0.5, 0.6) is 0 Å². The predicted octanol–water partition coefficient (Wildman–Crippen LogP) is 3.75. The molecular formula is C16H13ClO3. The maximum atomic E-state index is 12.3. The van der Waals surface area contributed by atoms with Crippen LogP contribution in [0.25, 0.3) is 0 Å². The Kier molecular flexibility index (Phi) is 4.53. The first-order chi connectivity index (χ1) is 9.63. The summed E-state index contributed by atoms with van der Waals surface area (Å²) in [5.74, 6) is -0.574. The Morgan fingerprint density at radius 1 is 1.00 bits per heavy atom. The summed E-state index contributed by atoms with van der Waals surface area (Å²) in [6, 6.07) is 13.2. The Morgan fingerprint density at radius 2 is 1.60 bits per heavy atom. The molecule has 0 aliphatic carbocycles. The van der Waals surface area contributed by atoms with Crippen LogP contribution >= 0.6 is 11.6 Å². The fourth-order valence-corrected chi connectivity index (χ4v) is 1.99. The molecule has 0 radical (unpaired) electrons. The maximum Gasteiger partial charge on any atom is 0.338 e. The zero-order valence-corrected chi connectivity index (χ0v) is 11.7. The zero-order chi connectivity index (χ0) is 14.5. The first-order valence-electron chi connectivity index (χ1n) is 6.20. The topological polar surface area (TPSA) is 43.4 Å². The van der Waals surface area contributed by atoms with Gasteiger partial charge in [-0.15, -0.1) is 0 Å². The van der Waals surface area contributed by atoms with Crippen molar-refractivity contribution in [3.63, 3.8) is 0 Å². The number of carbonyl (C=O) groups excluding carboxylic acids is 2. The van der Waals surface area contributed by atoms with Gasteiger partial charge in [-0.2, -0.15) is 0 Å². The number of halogens is 1. The lowest BCUT2D eigenvalue weighted by Crippen LogP contribution is -2.06. The van der Waals surface area contributed by atoms with Gasteiger partial charge in [0.2, 0.25) is 0 Å². The van der Waals surface area contributed by atoms with Gasteiger partial charge in [0.25, 0.3) is 0 Å². The molecule has 0 aliphatic rings. The van der Waals surface area contributed by atoms with Crippen molar-refractivity contribution in [2.45, 2.75) is 6.92 Å². The van der Waals surface area contributed by atoms with E-state index in [0.29, 0.717) is 28.3 Å². The summed E-state index contributed by atoms with van der Waals surface area (Å²) in [6.07, 6.45) is 0. The first kappa shape index (κ1) is 14.3. The van der Waals surface area contributed by atoms with Crippen LogP contribution in [0, 0.1) is 0 Å². The van der Waals surface area contributed by atoms with Gasteiger partial charge in [0, 0.05) is 11.1 Å². The monoisotopic (exact) mass is 288 g/mol. The second kappa shape index (κ2) is 6.35. The second-order valence-electron chi connectivity index (χ2n) is 4.11. The third-order valence-electron chi connectivity index (χ3n) is 2.78. The molecular weight excluding hydrogens is 276 g/mol. The molecule has 0 saturated carbocycles.